The Labute approximate surface area is 281 Å². The van der Waals surface area contributed by atoms with Gasteiger partial charge in [0.2, 0.25) is 0 Å². The van der Waals surface area contributed by atoms with Crippen molar-refractivity contribution in [1.82, 2.24) is 0 Å². The highest BCUT2D eigenvalue weighted by Crippen LogP contribution is 2.64. The first kappa shape index (κ1) is 31.1. The zero-order chi connectivity index (χ0) is 32.5. The molecule has 8 saturated carbocycles. The molecule has 1 N–H and O–H groups in total. The molecular formula is C39H50O6S2. The first-order valence-corrected chi connectivity index (χ1v) is 21.4. The van der Waals surface area contributed by atoms with Crippen molar-refractivity contribution in [3.63, 3.8) is 0 Å². The second kappa shape index (κ2) is 10.6. The first-order valence-electron chi connectivity index (χ1n) is 18.6. The molecule has 9 aliphatic carbocycles. The Morgan fingerprint density at radius 2 is 1.17 bits per heavy atom. The number of fused-ring (bicyclic) bond motifs is 1. The van der Waals surface area contributed by atoms with E-state index in [4.69, 9.17) is 4.18 Å². The molecule has 6 nitrogen and oxygen atoms in total. The van der Waals surface area contributed by atoms with Gasteiger partial charge in [0.1, 0.15) is 10.6 Å². The summed E-state index contributed by atoms with van der Waals surface area (Å²) >= 11 is 0. The third-order valence-corrected chi connectivity index (χ3v) is 16.4. The zero-order valence-corrected chi connectivity index (χ0v) is 29.6. The summed E-state index contributed by atoms with van der Waals surface area (Å²) in [6.07, 6.45) is 17.1. The summed E-state index contributed by atoms with van der Waals surface area (Å²) in [4.78, 5) is 0.268. The third kappa shape index (κ3) is 4.99. The molecular weight excluding hydrogens is 629 g/mol. The minimum Gasteiger partial charge on any atom is -0.378 e. The summed E-state index contributed by atoms with van der Waals surface area (Å²) in [5, 5.41) is 0. The average molecular weight is 679 g/mol. The van der Waals surface area contributed by atoms with E-state index >= 15 is 8.42 Å². The van der Waals surface area contributed by atoms with Crippen molar-refractivity contribution in [3.8, 4) is 5.75 Å². The summed E-state index contributed by atoms with van der Waals surface area (Å²) < 4.78 is 71.8. The molecule has 0 aromatic heterocycles. The van der Waals surface area contributed by atoms with E-state index in [0.29, 0.717) is 57.9 Å². The molecule has 11 rings (SSSR count). The molecule has 47 heavy (non-hydrogen) atoms. The monoisotopic (exact) mass is 678 g/mol. The molecule has 8 bridgehead atoms. The lowest BCUT2D eigenvalue weighted by Crippen LogP contribution is -2.50. The molecule has 0 aliphatic heterocycles. The highest BCUT2D eigenvalue weighted by molar-refractivity contribution is 7.87. The average Bonchev–Trinajstić information content (AvgIpc) is 2.99. The van der Waals surface area contributed by atoms with Gasteiger partial charge in [0.15, 0.2) is 0 Å². The lowest BCUT2D eigenvalue weighted by Gasteiger charge is -2.58. The molecule has 254 valence electrons. The molecule has 0 saturated heterocycles. The predicted octanol–water partition coefficient (Wildman–Crippen LogP) is 8.64. The number of benzene rings is 2. The lowest BCUT2D eigenvalue weighted by molar-refractivity contribution is -0.00808. The van der Waals surface area contributed by atoms with Crippen molar-refractivity contribution in [1.29, 1.82) is 0 Å². The topological polar surface area (TPSA) is 97.7 Å². The summed E-state index contributed by atoms with van der Waals surface area (Å²) in [6, 6.07) is 8.07. The van der Waals surface area contributed by atoms with Crippen LogP contribution in [0, 0.1) is 35.5 Å². The zero-order valence-electron chi connectivity index (χ0n) is 28.0. The van der Waals surface area contributed by atoms with Crippen molar-refractivity contribution in [2.24, 2.45) is 35.5 Å². The van der Waals surface area contributed by atoms with E-state index in [-0.39, 0.29) is 21.6 Å². The van der Waals surface area contributed by atoms with Crippen LogP contribution in [0.1, 0.15) is 137 Å². The molecule has 8 fully saturated rings. The predicted molar refractivity (Wildman–Crippen MR) is 181 cm³/mol. The Hall–Kier alpha value is -1.90. The highest BCUT2D eigenvalue weighted by atomic mass is 32.2. The van der Waals surface area contributed by atoms with Gasteiger partial charge in [-0.3, -0.25) is 4.55 Å². The van der Waals surface area contributed by atoms with Crippen molar-refractivity contribution in [3.05, 3.63) is 52.1 Å². The Bertz CT molecular complexity index is 1780. The van der Waals surface area contributed by atoms with Gasteiger partial charge < -0.3 is 4.18 Å². The van der Waals surface area contributed by atoms with Crippen LogP contribution in [0.2, 0.25) is 0 Å². The lowest BCUT2D eigenvalue weighted by atomic mass is 9.47. The minimum atomic E-state index is -4.48. The quantitative estimate of drug-likeness (QED) is 0.233. The Balaban J connectivity index is 1.20. The molecule has 0 radical (unpaired) electrons. The van der Waals surface area contributed by atoms with Crippen LogP contribution in [0.25, 0.3) is 0 Å². The fraction of sp³-hybridized carbons (Fsp3) is 0.692. The van der Waals surface area contributed by atoms with Gasteiger partial charge >= 0.3 is 10.1 Å². The first-order chi connectivity index (χ1) is 22.3. The van der Waals surface area contributed by atoms with Crippen LogP contribution in [0.4, 0.5) is 0 Å². The van der Waals surface area contributed by atoms with E-state index in [0.717, 1.165) is 55.4 Å². The Kier molecular flexibility index (Phi) is 6.99. The fourth-order valence-corrected chi connectivity index (χ4v) is 15.4. The van der Waals surface area contributed by atoms with Gasteiger partial charge in [-0.1, -0.05) is 26.0 Å². The van der Waals surface area contributed by atoms with E-state index in [1.165, 1.54) is 69.4 Å². The van der Waals surface area contributed by atoms with Gasteiger partial charge in [-0.05, 0) is 184 Å². The smallest absolute Gasteiger partial charge is 0.339 e. The SMILES string of the molecule is CC(C)c1cc(S(=O)(=O)O)c2c(c1OS(=O)(=O)c1cc(C34CC5CC(CC(C5)C3)C4)ccc1C13CC4CC(CC(C4)C1)C3)CCCC2. The highest BCUT2D eigenvalue weighted by Gasteiger charge is 2.55. The van der Waals surface area contributed by atoms with Crippen LogP contribution in [-0.2, 0) is 43.9 Å². The molecule has 9 aliphatic rings. The van der Waals surface area contributed by atoms with Gasteiger partial charge in [0.05, 0.1) is 4.90 Å². The molecule has 0 atom stereocenters. The van der Waals surface area contributed by atoms with E-state index in [1.54, 1.807) is 0 Å². The van der Waals surface area contributed by atoms with Gasteiger partial charge in [-0.25, -0.2) is 0 Å². The van der Waals surface area contributed by atoms with E-state index in [2.05, 4.69) is 18.2 Å². The van der Waals surface area contributed by atoms with Crippen molar-refractivity contribution >= 4 is 20.2 Å². The normalized spacial score (nSPS) is 37.0. The van der Waals surface area contributed by atoms with Crippen molar-refractivity contribution in [2.75, 3.05) is 0 Å². The molecule has 2 aromatic rings. The van der Waals surface area contributed by atoms with Crippen LogP contribution in [0.5, 0.6) is 5.75 Å². The van der Waals surface area contributed by atoms with Crippen LogP contribution in [-0.4, -0.2) is 21.4 Å². The van der Waals surface area contributed by atoms with Crippen molar-refractivity contribution < 1.29 is 25.6 Å². The molecule has 8 heteroatoms. The molecule has 2 aromatic carbocycles. The standard InChI is InChI=1S/C39H50O6S2/c1-23(2)33-16-35(46(40,41)42)31-5-3-4-6-32(31)37(33)45-47(43,44)36-15-30(38-17-24-9-25(18-38)11-26(10-24)19-38)7-8-34(36)39-20-27-12-28(21-39)14-29(13-27)22-39/h7-8,15-16,23-29H,3-6,9-14,17-22H2,1-2H3,(H,40,41,42). The fourth-order valence-electron chi connectivity index (χ4n) is 13.2. The summed E-state index contributed by atoms with van der Waals surface area (Å²) in [5.41, 5.74) is 3.76. The number of hydrogen-bond donors (Lipinski definition) is 1. The van der Waals surface area contributed by atoms with Crippen LogP contribution >= 0.6 is 0 Å². The van der Waals surface area contributed by atoms with Crippen LogP contribution < -0.4 is 4.18 Å². The van der Waals surface area contributed by atoms with Gasteiger partial charge in [-0.2, -0.15) is 16.8 Å². The second-order valence-electron chi connectivity index (χ2n) is 17.7. The van der Waals surface area contributed by atoms with Crippen molar-refractivity contribution in [2.45, 2.75) is 143 Å². The molecule has 0 unspecified atom stereocenters. The summed E-state index contributed by atoms with van der Waals surface area (Å²) in [7, 11) is -8.76. The van der Waals surface area contributed by atoms with Crippen LogP contribution in [0.3, 0.4) is 0 Å². The van der Waals surface area contributed by atoms with Crippen LogP contribution in [0.15, 0.2) is 34.1 Å². The number of rotatable bonds is 7. The van der Waals surface area contributed by atoms with Gasteiger partial charge in [0.25, 0.3) is 10.1 Å². The van der Waals surface area contributed by atoms with E-state index in [9.17, 15) is 13.0 Å². The third-order valence-electron chi connectivity index (χ3n) is 14.2. The van der Waals surface area contributed by atoms with E-state index < -0.39 is 20.2 Å². The summed E-state index contributed by atoms with van der Waals surface area (Å²) in [6.45, 7) is 3.85. The molecule has 0 spiro atoms. The molecule has 0 heterocycles. The van der Waals surface area contributed by atoms with Gasteiger partial charge in [-0.15, -0.1) is 0 Å². The summed E-state index contributed by atoms with van der Waals surface area (Å²) in [5.74, 6) is 4.37. The van der Waals surface area contributed by atoms with E-state index in [1.807, 2.05) is 13.8 Å². The molecule has 0 amide bonds. The largest absolute Gasteiger partial charge is 0.378 e. The Morgan fingerprint density at radius 1 is 0.681 bits per heavy atom. The van der Waals surface area contributed by atoms with Gasteiger partial charge in [0, 0.05) is 11.1 Å². The minimum absolute atomic E-state index is 0.0540. The second-order valence-corrected chi connectivity index (χ2v) is 20.6. The maximum Gasteiger partial charge on any atom is 0.339 e. The maximum absolute atomic E-state index is 15.0. The number of hydrogen-bond acceptors (Lipinski definition) is 5. The Morgan fingerprint density at radius 3 is 1.66 bits per heavy atom. The maximum atomic E-state index is 15.0.